The van der Waals surface area contributed by atoms with E-state index in [1.807, 2.05) is 0 Å². The number of sulfonamides is 1. The van der Waals surface area contributed by atoms with Crippen molar-refractivity contribution in [3.63, 3.8) is 0 Å². The van der Waals surface area contributed by atoms with Crippen molar-refractivity contribution >= 4 is 10.0 Å². The van der Waals surface area contributed by atoms with Gasteiger partial charge in [-0.1, -0.05) is 17.2 Å². The molecule has 1 rings (SSSR count). The van der Waals surface area contributed by atoms with Crippen LogP contribution in [0.15, 0.2) is 34.3 Å². The van der Waals surface area contributed by atoms with Crippen LogP contribution in [0, 0.1) is 0 Å². The van der Waals surface area contributed by atoms with Gasteiger partial charge in [0, 0.05) is 25.6 Å². The Balaban J connectivity index is 2.85. The van der Waals surface area contributed by atoms with E-state index in [1.54, 1.807) is 24.3 Å². The second-order valence-electron chi connectivity index (χ2n) is 3.64. The molecule has 0 spiro atoms. The summed E-state index contributed by atoms with van der Waals surface area (Å²) < 4.78 is 24.7. The van der Waals surface area contributed by atoms with Crippen molar-refractivity contribution in [2.24, 2.45) is 5.11 Å². The van der Waals surface area contributed by atoms with Crippen LogP contribution in [0.25, 0.3) is 10.4 Å². The normalized spacial score (nSPS) is 11.2. The number of benzene rings is 1. The lowest BCUT2D eigenvalue weighted by molar-refractivity contribution is 0.520. The smallest absolute Gasteiger partial charge is 0.207 e. The summed E-state index contributed by atoms with van der Waals surface area (Å²) >= 11 is 0. The summed E-state index contributed by atoms with van der Waals surface area (Å²) in [5.74, 6) is 0. The average Bonchev–Trinajstić information content (AvgIpc) is 2.30. The summed E-state index contributed by atoms with van der Waals surface area (Å²) in [5, 5.41) is 3.42. The molecule has 0 heterocycles. The molecule has 17 heavy (non-hydrogen) atoms. The van der Waals surface area contributed by atoms with E-state index in [2.05, 4.69) is 10.0 Å². The number of nitrogens with zero attached hydrogens (tertiary/aromatic N) is 4. The molecule has 6 nitrogen and oxygen atoms in total. The van der Waals surface area contributed by atoms with E-state index in [1.165, 1.54) is 18.4 Å². The van der Waals surface area contributed by atoms with Gasteiger partial charge in [0.2, 0.25) is 10.0 Å². The molecule has 0 bridgehead atoms. The maximum absolute atomic E-state index is 11.8. The number of hydrogen-bond acceptors (Lipinski definition) is 3. The molecule has 0 saturated heterocycles. The summed E-state index contributed by atoms with van der Waals surface area (Å²) in [6, 6.07) is 6.56. The van der Waals surface area contributed by atoms with Crippen molar-refractivity contribution < 1.29 is 8.42 Å². The molecule has 0 aliphatic carbocycles. The Labute approximate surface area is 101 Å². The van der Waals surface area contributed by atoms with Crippen LogP contribution in [0.5, 0.6) is 0 Å². The Morgan fingerprint density at radius 3 is 2.35 bits per heavy atom. The molecule has 1 aromatic rings. The molecule has 0 saturated carbocycles. The Morgan fingerprint density at radius 2 is 1.88 bits per heavy atom. The fraction of sp³-hybridized carbons (Fsp3) is 0.400. The summed E-state index contributed by atoms with van der Waals surface area (Å²) in [7, 11) is -0.386. The van der Waals surface area contributed by atoms with Crippen LogP contribution in [0.3, 0.4) is 0 Å². The Hall–Kier alpha value is -1.56. The monoisotopic (exact) mass is 254 g/mol. The molecule has 0 aliphatic rings. The number of azide groups is 1. The van der Waals surface area contributed by atoms with Crippen LogP contribution in [0.1, 0.15) is 5.56 Å². The summed E-state index contributed by atoms with van der Waals surface area (Å²) in [6.45, 7) is 0.371. The van der Waals surface area contributed by atoms with Gasteiger partial charge < -0.3 is 0 Å². The molecular weight excluding hydrogens is 240 g/mol. The van der Waals surface area contributed by atoms with Gasteiger partial charge in [-0.3, -0.25) is 0 Å². The minimum Gasteiger partial charge on any atom is -0.207 e. The Morgan fingerprint density at radius 1 is 1.29 bits per heavy atom. The van der Waals surface area contributed by atoms with E-state index in [0.29, 0.717) is 13.0 Å². The van der Waals surface area contributed by atoms with E-state index in [9.17, 15) is 8.42 Å². The van der Waals surface area contributed by atoms with Crippen molar-refractivity contribution in [3.8, 4) is 0 Å². The molecule has 0 radical (unpaired) electrons. The zero-order chi connectivity index (χ0) is 12.9. The van der Waals surface area contributed by atoms with Crippen LogP contribution in [0.4, 0.5) is 0 Å². The molecule has 0 aromatic heterocycles. The molecule has 0 aliphatic heterocycles. The van der Waals surface area contributed by atoms with Gasteiger partial charge in [-0.05, 0) is 29.6 Å². The van der Waals surface area contributed by atoms with Crippen molar-refractivity contribution in [1.29, 1.82) is 0 Å². The third-order valence-corrected chi connectivity index (χ3v) is 4.09. The maximum Gasteiger partial charge on any atom is 0.242 e. The summed E-state index contributed by atoms with van der Waals surface area (Å²) in [5.41, 5.74) is 9.07. The second kappa shape index (κ2) is 5.67. The van der Waals surface area contributed by atoms with Crippen molar-refractivity contribution in [1.82, 2.24) is 4.31 Å². The first-order valence-corrected chi connectivity index (χ1v) is 6.45. The van der Waals surface area contributed by atoms with Crippen LogP contribution < -0.4 is 0 Å². The maximum atomic E-state index is 11.8. The molecular formula is C10H14N4O2S. The van der Waals surface area contributed by atoms with Crippen LogP contribution in [0.2, 0.25) is 0 Å². The summed E-state index contributed by atoms with van der Waals surface area (Å²) in [6.07, 6.45) is 0.604. The lowest BCUT2D eigenvalue weighted by Crippen LogP contribution is -2.22. The predicted molar refractivity (Wildman–Crippen MR) is 65.0 cm³/mol. The predicted octanol–water partition coefficient (Wildman–Crippen LogP) is 1.79. The van der Waals surface area contributed by atoms with Crippen molar-refractivity contribution in [3.05, 3.63) is 40.3 Å². The van der Waals surface area contributed by atoms with Gasteiger partial charge in [-0.15, -0.1) is 0 Å². The molecule has 0 N–H and O–H groups in total. The molecule has 0 unspecified atom stereocenters. The van der Waals surface area contributed by atoms with E-state index in [4.69, 9.17) is 5.53 Å². The third-order valence-electron chi connectivity index (χ3n) is 2.27. The van der Waals surface area contributed by atoms with Gasteiger partial charge >= 0.3 is 0 Å². The van der Waals surface area contributed by atoms with Gasteiger partial charge in [0.05, 0.1) is 4.90 Å². The van der Waals surface area contributed by atoms with Crippen LogP contribution >= 0.6 is 0 Å². The van der Waals surface area contributed by atoms with E-state index in [0.717, 1.165) is 5.56 Å². The van der Waals surface area contributed by atoms with Gasteiger partial charge in [-0.2, -0.15) is 0 Å². The highest BCUT2D eigenvalue weighted by atomic mass is 32.2. The lowest BCUT2D eigenvalue weighted by atomic mass is 10.2. The highest BCUT2D eigenvalue weighted by Crippen LogP contribution is 2.14. The molecule has 7 heteroatoms. The first-order valence-electron chi connectivity index (χ1n) is 5.01. The number of rotatable bonds is 5. The fourth-order valence-electron chi connectivity index (χ4n) is 1.26. The fourth-order valence-corrected chi connectivity index (χ4v) is 2.16. The lowest BCUT2D eigenvalue weighted by Gasteiger charge is -2.11. The Bertz CT molecular complexity index is 516. The van der Waals surface area contributed by atoms with Crippen LogP contribution in [-0.4, -0.2) is 33.4 Å². The molecule has 0 atom stereocenters. The highest BCUT2D eigenvalue weighted by molar-refractivity contribution is 7.89. The molecule has 92 valence electrons. The van der Waals surface area contributed by atoms with E-state index in [-0.39, 0.29) is 4.90 Å². The molecule has 0 fully saturated rings. The van der Waals surface area contributed by atoms with Gasteiger partial charge in [0.15, 0.2) is 0 Å². The van der Waals surface area contributed by atoms with Gasteiger partial charge in [0.25, 0.3) is 0 Å². The first kappa shape index (κ1) is 13.5. The SMILES string of the molecule is CN(C)S(=O)(=O)c1ccc(CCN=[N+]=[N-])cc1. The zero-order valence-electron chi connectivity index (χ0n) is 9.74. The van der Waals surface area contributed by atoms with Gasteiger partial charge in [0.1, 0.15) is 0 Å². The van der Waals surface area contributed by atoms with E-state index >= 15 is 0 Å². The number of hydrogen-bond donors (Lipinski definition) is 0. The summed E-state index contributed by atoms with van der Waals surface area (Å²) in [4.78, 5) is 2.91. The largest absolute Gasteiger partial charge is 0.242 e. The first-order chi connectivity index (χ1) is 7.98. The minimum atomic E-state index is -3.37. The Kier molecular flexibility index (Phi) is 4.51. The van der Waals surface area contributed by atoms with E-state index < -0.39 is 10.0 Å². The third kappa shape index (κ3) is 3.45. The second-order valence-corrected chi connectivity index (χ2v) is 5.79. The standard InChI is InChI=1S/C10H14N4O2S/c1-14(2)17(15,16)10-5-3-9(4-6-10)7-8-12-13-11/h3-6H,7-8H2,1-2H3. The topological polar surface area (TPSA) is 86.1 Å². The minimum absolute atomic E-state index is 0.259. The molecule has 1 aromatic carbocycles. The van der Waals surface area contributed by atoms with Gasteiger partial charge in [-0.25, -0.2) is 12.7 Å². The average molecular weight is 254 g/mol. The van der Waals surface area contributed by atoms with Crippen LogP contribution in [-0.2, 0) is 16.4 Å². The quantitative estimate of drug-likeness (QED) is 0.455. The zero-order valence-corrected chi connectivity index (χ0v) is 10.6. The van der Waals surface area contributed by atoms with Crippen molar-refractivity contribution in [2.75, 3.05) is 20.6 Å². The molecule has 0 amide bonds. The highest BCUT2D eigenvalue weighted by Gasteiger charge is 2.16. The van der Waals surface area contributed by atoms with Crippen molar-refractivity contribution in [2.45, 2.75) is 11.3 Å².